The van der Waals surface area contributed by atoms with Crippen LogP contribution >= 0.6 is 11.6 Å². The van der Waals surface area contributed by atoms with Crippen LogP contribution in [-0.4, -0.2) is 49.7 Å². The Morgan fingerprint density at radius 3 is 2.48 bits per heavy atom. The van der Waals surface area contributed by atoms with Crippen molar-refractivity contribution < 1.29 is 14.3 Å². The smallest absolute Gasteiger partial charge is 0.251 e. The second-order valence-electron chi connectivity index (χ2n) is 7.90. The lowest BCUT2D eigenvalue weighted by molar-refractivity contribution is 0.0900. The molecule has 1 aliphatic rings. The average Bonchev–Trinajstić information content (AvgIpc) is 2.62. The van der Waals surface area contributed by atoms with Crippen LogP contribution in [0.3, 0.4) is 0 Å². The van der Waals surface area contributed by atoms with Gasteiger partial charge in [0.2, 0.25) is 0 Å². The molecule has 1 N–H and O–H groups in total. The summed E-state index contributed by atoms with van der Waals surface area (Å²) < 4.78 is 11.2. The fourth-order valence-electron chi connectivity index (χ4n) is 3.22. The lowest BCUT2D eigenvalue weighted by Crippen LogP contribution is -2.46. The summed E-state index contributed by atoms with van der Waals surface area (Å²) in [6.07, 6.45) is 2.85. The summed E-state index contributed by atoms with van der Waals surface area (Å²) in [5.74, 6) is 1.42. The van der Waals surface area contributed by atoms with Gasteiger partial charge in [-0.3, -0.25) is 4.79 Å². The van der Waals surface area contributed by atoms with Crippen LogP contribution in [-0.2, 0) is 0 Å². The lowest BCUT2D eigenvalue weighted by atomic mass is 10.0. The summed E-state index contributed by atoms with van der Waals surface area (Å²) in [6, 6.07) is 4.11. The molecule has 0 spiro atoms. The second kappa shape index (κ2) is 10.2. The van der Waals surface area contributed by atoms with Crippen LogP contribution in [0.5, 0.6) is 11.5 Å². The number of hydrogen-bond acceptors (Lipinski definition) is 4. The Morgan fingerprint density at radius 1 is 1.26 bits per heavy atom. The predicted molar refractivity (Wildman–Crippen MR) is 110 cm³/mol. The second-order valence-corrected chi connectivity index (χ2v) is 8.31. The van der Waals surface area contributed by atoms with E-state index in [9.17, 15) is 4.79 Å². The SMILES string of the molecule is COc1cc(C(=O)NC2CCN(C(C)C)CC2)cc(Cl)c1OCCC(C)C. The highest BCUT2D eigenvalue weighted by Gasteiger charge is 2.23. The Balaban J connectivity index is 2.01. The largest absolute Gasteiger partial charge is 0.493 e. The Hall–Kier alpha value is -1.46. The molecule has 2 rings (SSSR count). The van der Waals surface area contributed by atoms with Gasteiger partial charge >= 0.3 is 0 Å². The van der Waals surface area contributed by atoms with E-state index in [0.29, 0.717) is 40.7 Å². The van der Waals surface area contributed by atoms with Crippen LogP contribution in [0.4, 0.5) is 0 Å². The Bertz CT molecular complexity index is 626. The number of nitrogens with one attached hydrogen (secondary N) is 1. The van der Waals surface area contributed by atoms with Crippen LogP contribution in [0.15, 0.2) is 12.1 Å². The standard InChI is InChI=1S/C21H33ClN2O3/c1-14(2)8-11-27-20-18(22)12-16(13-19(20)26-5)21(25)23-17-6-9-24(10-7-17)15(3)4/h12-15,17H,6-11H2,1-5H3,(H,23,25). The number of hydrogen-bond donors (Lipinski definition) is 1. The van der Waals surface area contributed by atoms with Gasteiger partial charge in [0, 0.05) is 30.7 Å². The zero-order valence-corrected chi connectivity index (χ0v) is 17.9. The summed E-state index contributed by atoms with van der Waals surface area (Å²) in [4.78, 5) is 15.1. The van der Waals surface area contributed by atoms with Crippen LogP contribution < -0.4 is 14.8 Å². The van der Waals surface area contributed by atoms with Gasteiger partial charge in [-0.2, -0.15) is 0 Å². The van der Waals surface area contributed by atoms with E-state index in [1.54, 1.807) is 19.2 Å². The van der Waals surface area contributed by atoms with Gasteiger partial charge in [0.1, 0.15) is 0 Å². The molecular weight excluding hydrogens is 364 g/mol. The molecular formula is C21H33ClN2O3. The van der Waals surface area contributed by atoms with Crippen LogP contribution in [0, 0.1) is 5.92 Å². The number of benzene rings is 1. The molecule has 0 saturated carbocycles. The predicted octanol–water partition coefficient (Wildman–Crippen LogP) is 4.38. The summed E-state index contributed by atoms with van der Waals surface area (Å²) >= 11 is 6.38. The van der Waals surface area contributed by atoms with E-state index < -0.39 is 0 Å². The van der Waals surface area contributed by atoms with Crippen molar-refractivity contribution in [3.05, 3.63) is 22.7 Å². The zero-order valence-electron chi connectivity index (χ0n) is 17.2. The number of likely N-dealkylation sites (tertiary alicyclic amines) is 1. The van der Waals surface area contributed by atoms with Crippen molar-refractivity contribution in [1.29, 1.82) is 0 Å². The normalized spacial score (nSPS) is 16.0. The van der Waals surface area contributed by atoms with Gasteiger partial charge in [-0.05, 0) is 51.2 Å². The van der Waals surface area contributed by atoms with Gasteiger partial charge in [0.15, 0.2) is 11.5 Å². The van der Waals surface area contributed by atoms with Gasteiger partial charge in [-0.15, -0.1) is 0 Å². The molecule has 152 valence electrons. The van der Waals surface area contributed by atoms with E-state index in [1.165, 1.54) is 0 Å². The van der Waals surface area contributed by atoms with Crippen molar-refractivity contribution in [3.63, 3.8) is 0 Å². The Kier molecular flexibility index (Phi) is 8.24. The first-order valence-corrected chi connectivity index (χ1v) is 10.2. The van der Waals surface area contributed by atoms with E-state index in [1.807, 2.05) is 0 Å². The third-order valence-electron chi connectivity index (χ3n) is 5.03. The fourth-order valence-corrected chi connectivity index (χ4v) is 3.48. The number of rotatable bonds is 8. The number of piperidine rings is 1. The molecule has 1 aromatic carbocycles. The molecule has 1 aromatic rings. The number of amides is 1. The Morgan fingerprint density at radius 2 is 1.93 bits per heavy atom. The van der Waals surface area contributed by atoms with E-state index >= 15 is 0 Å². The number of carbonyl (C=O) groups excluding carboxylic acids is 1. The Labute approximate surface area is 168 Å². The molecule has 1 aliphatic heterocycles. The first-order valence-electron chi connectivity index (χ1n) is 9.87. The fraction of sp³-hybridized carbons (Fsp3) is 0.667. The minimum absolute atomic E-state index is 0.119. The quantitative estimate of drug-likeness (QED) is 0.708. The summed E-state index contributed by atoms with van der Waals surface area (Å²) in [5.41, 5.74) is 0.499. The molecule has 6 heteroatoms. The van der Waals surface area contributed by atoms with Gasteiger partial charge in [-0.25, -0.2) is 0 Å². The molecule has 27 heavy (non-hydrogen) atoms. The maximum atomic E-state index is 12.7. The molecule has 0 radical (unpaired) electrons. The summed E-state index contributed by atoms with van der Waals surface area (Å²) in [5, 5.41) is 3.53. The first kappa shape index (κ1) is 21.8. The first-order chi connectivity index (χ1) is 12.8. The van der Waals surface area contributed by atoms with Crippen molar-refractivity contribution in [3.8, 4) is 11.5 Å². The summed E-state index contributed by atoms with van der Waals surface area (Å²) in [6.45, 7) is 11.3. The molecule has 1 fully saturated rings. The minimum atomic E-state index is -0.119. The highest BCUT2D eigenvalue weighted by Crippen LogP contribution is 2.36. The molecule has 0 aliphatic carbocycles. The minimum Gasteiger partial charge on any atom is -0.493 e. The van der Waals surface area contributed by atoms with Gasteiger partial charge < -0.3 is 19.7 Å². The monoisotopic (exact) mass is 396 g/mol. The van der Waals surface area contributed by atoms with Crippen LogP contribution in [0.2, 0.25) is 5.02 Å². The van der Waals surface area contributed by atoms with Crippen molar-refractivity contribution >= 4 is 17.5 Å². The van der Waals surface area contributed by atoms with Gasteiger partial charge in [-0.1, -0.05) is 25.4 Å². The molecule has 1 amide bonds. The summed E-state index contributed by atoms with van der Waals surface area (Å²) in [7, 11) is 1.56. The molecule has 5 nitrogen and oxygen atoms in total. The number of carbonyl (C=O) groups is 1. The zero-order chi connectivity index (χ0) is 20.0. The van der Waals surface area contributed by atoms with Crippen molar-refractivity contribution in [2.45, 2.75) is 59.0 Å². The number of halogens is 1. The molecule has 0 bridgehead atoms. The third kappa shape index (κ3) is 6.28. The number of nitrogens with zero attached hydrogens (tertiary/aromatic N) is 1. The number of methoxy groups -OCH3 is 1. The lowest BCUT2D eigenvalue weighted by Gasteiger charge is -2.34. The van der Waals surface area contributed by atoms with Gasteiger partial charge in [0.05, 0.1) is 18.7 Å². The molecule has 1 saturated heterocycles. The van der Waals surface area contributed by atoms with Crippen molar-refractivity contribution in [2.75, 3.05) is 26.8 Å². The molecule has 0 aromatic heterocycles. The van der Waals surface area contributed by atoms with E-state index in [-0.39, 0.29) is 11.9 Å². The molecule has 1 heterocycles. The highest BCUT2D eigenvalue weighted by atomic mass is 35.5. The van der Waals surface area contributed by atoms with E-state index in [4.69, 9.17) is 21.1 Å². The van der Waals surface area contributed by atoms with Crippen LogP contribution in [0.25, 0.3) is 0 Å². The third-order valence-corrected chi connectivity index (χ3v) is 5.31. The molecule has 0 unspecified atom stereocenters. The van der Waals surface area contributed by atoms with Gasteiger partial charge in [0.25, 0.3) is 5.91 Å². The number of ether oxygens (including phenoxy) is 2. The maximum absolute atomic E-state index is 12.7. The van der Waals surface area contributed by atoms with E-state index in [2.05, 4.69) is 37.9 Å². The molecule has 0 atom stereocenters. The highest BCUT2D eigenvalue weighted by molar-refractivity contribution is 6.32. The maximum Gasteiger partial charge on any atom is 0.251 e. The van der Waals surface area contributed by atoms with E-state index in [0.717, 1.165) is 32.4 Å². The average molecular weight is 397 g/mol. The van der Waals surface area contributed by atoms with Crippen LogP contribution in [0.1, 0.15) is 57.3 Å². The van der Waals surface area contributed by atoms with Crippen molar-refractivity contribution in [1.82, 2.24) is 10.2 Å². The van der Waals surface area contributed by atoms with Crippen molar-refractivity contribution in [2.24, 2.45) is 5.92 Å². The topological polar surface area (TPSA) is 50.8 Å².